The largest absolute Gasteiger partial charge is 0.465 e. The molecule has 0 saturated heterocycles. The van der Waals surface area contributed by atoms with E-state index < -0.39 is 10.9 Å². The first-order chi connectivity index (χ1) is 8.01. The Morgan fingerprint density at radius 1 is 1.65 bits per heavy atom. The van der Waals surface area contributed by atoms with Crippen LogP contribution in [0.5, 0.6) is 0 Å². The lowest BCUT2D eigenvalue weighted by Crippen LogP contribution is -2.05. The van der Waals surface area contributed by atoms with Gasteiger partial charge in [0.1, 0.15) is 0 Å². The van der Waals surface area contributed by atoms with Crippen LogP contribution in [0.25, 0.3) is 0 Å². The molecule has 7 heteroatoms. The molecule has 0 fully saturated rings. The molecule has 0 atom stereocenters. The summed E-state index contributed by atoms with van der Waals surface area (Å²) in [5.74, 6) is -0.762. The lowest BCUT2D eigenvalue weighted by Gasteiger charge is -2.05. The van der Waals surface area contributed by atoms with Gasteiger partial charge in [0.25, 0.3) is 5.69 Å². The first-order valence-corrected chi connectivity index (χ1v) is 4.81. The fourth-order valence-electron chi connectivity index (χ4n) is 1.27. The molecule has 1 rings (SSSR count). The lowest BCUT2D eigenvalue weighted by atomic mass is 10.1. The zero-order valence-electron chi connectivity index (χ0n) is 8.77. The predicted octanol–water partition coefficient (Wildman–Crippen LogP) is 2.10. The van der Waals surface area contributed by atoms with Crippen molar-refractivity contribution >= 4 is 23.3 Å². The van der Waals surface area contributed by atoms with Gasteiger partial charge in [-0.3, -0.25) is 10.1 Å². The number of benzene rings is 1. The zero-order chi connectivity index (χ0) is 13.0. The fraction of sp³-hybridized carbons (Fsp3) is 0.200. The highest BCUT2D eigenvalue weighted by atomic mass is 35.5. The Labute approximate surface area is 102 Å². The topological polar surface area (TPSA) is 93.2 Å². The SMILES string of the molecule is COC(=O)c1cc([N+](=O)[O-])c(CC#N)cc1Cl. The van der Waals surface area contributed by atoms with Gasteiger partial charge in [-0.05, 0) is 6.07 Å². The molecule has 0 radical (unpaired) electrons. The highest BCUT2D eigenvalue weighted by molar-refractivity contribution is 6.33. The number of halogens is 1. The van der Waals surface area contributed by atoms with E-state index >= 15 is 0 Å². The molecule has 0 aliphatic carbocycles. The number of nitro benzene ring substituents is 1. The van der Waals surface area contributed by atoms with Gasteiger partial charge < -0.3 is 4.74 Å². The fourth-order valence-corrected chi connectivity index (χ4v) is 1.53. The number of nitro groups is 1. The Morgan fingerprint density at radius 2 is 2.29 bits per heavy atom. The summed E-state index contributed by atoms with van der Waals surface area (Å²) in [6, 6.07) is 4.04. The molecule has 0 amide bonds. The summed E-state index contributed by atoms with van der Waals surface area (Å²) in [7, 11) is 1.15. The van der Waals surface area contributed by atoms with E-state index in [0.29, 0.717) is 0 Å². The first kappa shape index (κ1) is 12.9. The van der Waals surface area contributed by atoms with Crippen molar-refractivity contribution in [2.45, 2.75) is 6.42 Å². The summed E-state index contributed by atoms with van der Waals surface area (Å²) >= 11 is 5.78. The van der Waals surface area contributed by atoms with Crippen molar-refractivity contribution in [3.63, 3.8) is 0 Å². The Bertz CT molecular complexity index is 522. The number of hydrogen-bond donors (Lipinski definition) is 0. The van der Waals surface area contributed by atoms with Crippen molar-refractivity contribution in [3.05, 3.63) is 38.4 Å². The summed E-state index contributed by atoms with van der Waals surface area (Å²) < 4.78 is 4.44. The van der Waals surface area contributed by atoms with Crippen molar-refractivity contribution in [2.24, 2.45) is 0 Å². The van der Waals surface area contributed by atoms with Crippen LogP contribution in [0.4, 0.5) is 5.69 Å². The van der Waals surface area contributed by atoms with Gasteiger partial charge in [-0.25, -0.2) is 4.79 Å². The number of nitriles is 1. The molecule has 0 aromatic heterocycles. The number of hydrogen-bond acceptors (Lipinski definition) is 5. The third-order valence-corrected chi connectivity index (χ3v) is 2.35. The van der Waals surface area contributed by atoms with Crippen molar-refractivity contribution in [2.75, 3.05) is 7.11 Å². The average Bonchev–Trinajstić information content (AvgIpc) is 2.28. The molecule has 0 saturated carbocycles. The molecule has 0 spiro atoms. The van der Waals surface area contributed by atoms with Crippen molar-refractivity contribution in [3.8, 4) is 6.07 Å². The maximum Gasteiger partial charge on any atom is 0.339 e. The van der Waals surface area contributed by atoms with Crippen LogP contribution in [0.3, 0.4) is 0 Å². The van der Waals surface area contributed by atoms with Crippen LogP contribution in [0.15, 0.2) is 12.1 Å². The molecule has 0 unspecified atom stereocenters. The first-order valence-electron chi connectivity index (χ1n) is 4.43. The second-order valence-electron chi connectivity index (χ2n) is 3.04. The second-order valence-corrected chi connectivity index (χ2v) is 3.45. The normalized spacial score (nSPS) is 9.47. The number of carbonyl (C=O) groups is 1. The number of esters is 1. The molecule has 6 nitrogen and oxygen atoms in total. The molecule has 0 aliphatic rings. The Morgan fingerprint density at radius 3 is 2.76 bits per heavy atom. The predicted molar refractivity (Wildman–Crippen MR) is 58.8 cm³/mol. The van der Waals surface area contributed by atoms with Gasteiger partial charge in [-0.2, -0.15) is 5.26 Å². The molecule has 0 aliphatic heterocycles. The van der Waals surface area contributed by atoms with Crippen LogP contribution in [-0.2, 0) is 11.2 Å². The number of rotatable bonds is 3. The van der Waals surface area contributed by atoms with Crippen molar-refractivity contribution in [1.29, 1.82) is 5.26 Å². The molecule has 0 bridgehead atoms. The summed E-state index contributed by atoms with van der Waals surface area (Å²) in [6.07, 6.45) is -0.155. The Kier molecular flexibility index (Phi) is 4.01. The molecular formula is C10H7ClN2O4. The van der Waals surface area contributed by atoms with Crippen LogP contribution < -0.4 is 0 Å². The van der Waals surface area contributed by atoms with Crippen molar-refractivity contribution < 1.29 is 14.5 Å². The molecule has 0 heterocycles. The standard InChI is InChI=1S/C10H7ClN2O4/c1-17-10(14)7-5-9(13(15)16)6(2-3-12)4-8(7)11/h4-5H,2H2,1H3. The molecule has 0 N–H and O–H groups in total. The number of carbonyl (C=O) groups excluding carboxylic acids is 1. The second kappa shape index (κ2) is 5.27. The minimum absolute atomic E-state index is 0.0210. The molecule has 1 aromatic rings. The van der Waals surface area contributed by atoms with E-state index in [2.05, 4.69) is 4.74 Å². The number of nitrogens with zero attached hydrogens (tertiary/aromatic N) is 2. The summed E-state index contributed by atoms with van der Waals surface area (Å²) in [4.78, 5) is 21.4. The van der Waals surface area contributed by atoms with E-state index in [-0.39, 0.29) is 28.3 Å². The van der Waals surface area contributed by atoms with Crippen LogP contribution in [0.2, 0.25) is 5.02 Å². The van der Waals surface area contributed by atoms with Crippen LogP contribution in [-0.4, -0.2) is 18.0 Å². The molecule has 1 aromatic carbocycles. The third kappa shape index (κ3) is 2.71. The van der Waals surface area contributed by atoms with E-state index in [0.717, 1.165) is 13.2 Å². The number of methoxy groups -OCH3 is 1. The summed E-state index contributed by atoms with van der Waals surface area (Å²) in [5.41, 5.74) is -0.256. The smallest absolute Gasteiger partial charge is 0.339 e. The van der Waals surface area contributed by atoms with E-state index in [1.165, 1.54) is 6.07 Å². The van der Waals surface area contributed by atoms with Crippen LogP contribution in [0.1, 0.15) is 15.9 Å². The molecule has 88 valence electrons. The Balaban J connectivity index is 3.40. The average molecular weight is 255 g/mol. The van der Waals surface area contributed by atoms with Crippen LogP contribution >= 0.6 is 11.6 Å². The van der Waals surface area contributed by atoms with Gasteiger partial charge in [0.05, 0.1) is 35.1 Å². The van der Waals surface area contributed by atoms with E-state index in [9.17, 15) is 14.9 Å². The summed E-state index contributed by atoms with van der Waals surface area (Å²) in [6.45, 7) is 0. The highest BCUT2D eigenvalue weighted by Crippen LogP contribution is 2.27. The van der Waals surface area contributed by atoms with E-state index in [1.807, 2.05) is 0 Å². The lowest BCUT2D eigenvalue weighted by molar-refractivity contribution is -0.385. The minimum Gasteiger partial charge on any atom is -0.465 e. The molecule has 17 heavy (non-hydrogen) atoms. The van der Waals surface area contributed by atoms with Gasteiger partial charge in [0, 0.05) is 11.6 Å². The van der Waals surface area contributed by atoms with E-state index in [1.54, 1.807) is 6.07 Å². The maximum atomic E-state index is 11.3. The van der Waals surface area contributed by atoms with Gasteiger partial charge >= 0.3 is 5.97 Å². The maximum absolute atomic E-state index is 11.3. The van der Waals surface area contributed by atoms with Crippen molar-refractivity contribution in [1.82, 2.24) is 0 Å². The number of ether oxygens (including phenoxy) is 1. The van der Waals surface area contributed by atoms with Gasteiger partial charge in [-0.1, -0.05) is 11.6 Å². The molecular weight excluding hydrogens is 248 g/mol. The van der Waals surface area contributed by atoms with E-state index in [4.69, 9.17) is 16.9 Å². The Hall–Kier alpha value is -2.13. The monoisotopic (exact) mass is 254 g/mol. The van der Waals surface area contributed by atoms with Crippen LogP contribution in [0, 0.1) is 21.4 Å². The summed E-state index contributed by atoms with van der Waals surface area (Å²) in [5, 5.41) is 19.3. The van der Waals surface area contributed by atoms with Gasteiger partial charge in [0.2, 0.25) is 0 Å². The highest BCUT2D eigenvalue weighted by Gasteiger charge is 2.21. The zero-order valence-corrected chi connectivity index (χ0v) is 9.52. The van der Waals surface area contributed by atoms with Gasteiger partial charge in [-0.15, -0.1) is 0 Å². The third-order valence-electron chi connectivity index (χ3n) is 2.04. The quantitative estimate of drug-likeness (QED) is 0.468. The van der Waals surface area contributed by atoms with Gasteiger partial charge in [0.15, 0.2) is 0 Å². The minimum atomic E-state index is -0.762.